The second-order valence-electron chi connectivity index (χ2n) is 4.33. The molecule has 0 saturated heterocycles. The van der Waals surface area contributed by atoms with Crippen molar-refractivity contribution in [1.29, 1.82) is 0 Å². The molecular weight excluding hydrogens is 193 g/mol. The highest BCUT2D eigenvalue weighted by atomic mass is 19.1. The van der Waals surface area contributed by atoms with E-state index < -0.39 is 5.67 Å². The van der Waals surface area contributed by atoms with Crippen LogP contribution in [-0.4, -0.2) is 9.67 Å². The number of rotatable bonds is 1. The van der Waals surface area contributed by atoms with Crippen molar-refractivity contribution in [1.82, 2.24) is 4.57 Å². The van der Waals surface area contributed by atoms with Gasteiger partial charge in [0.2, 0.25) is 0 Å². The van der Waals surface area contributed by atoms with E-state index >= 15 is 0 Å². The van der Waals surface area contributed by atoms with E-state index in [-0.39, 0.29) is 5.75 Å². The third-order valence-corrected chi connectivity index (χ3v) is 2.61. The predicted molar refractivity (Wildman–Crippen MR) is 58.7 cm³/mol. The molecule has 15 heavy (non-hydrogen) atoms. The molecule has 0 amide bonds. The highest BCUT2D eigenvalue weighted by Gasteiger charge is 2.23. The first-order valence-corrected chi connectivity index (χ1v) is 4.87. The third-order valence-electron chi connectivity index (χ3n) is 2.61. The number of aromatic nitrogens is 1. The summed E-state index contributed by atoms with van der Waals surface area (Å²) in [5.74, 6) is 0.201. The van der Waals surface area contributed by atoms with E-state index in [4.69, 9.17) is 0 Å². The number of hydrogen-bond acceptors (Lipinski definition) is 1. The maximum atomic E-state index is 13.9. The molecule has 80 valence electrons. The van der Waals surface area contributed by atoms with Crippen LogP contribution in [0.15, 0.2) is 24.4 Å². The Bertz CT molecular complexity index is 508. The first-order chi connectivity index (χ1) is 6.89. The lowest BCUT2D eigenvalue weighted by Gasteiger charge is -2.12. The number of aromatic hydroxyl groups is 1. The molecule has 0 spiro atoms. The standard InChI is InChI=1S/C12H14FNO/c1-12(2,13)10-7-14(3)11-6-8(15)4-5-9(10)11/h4-7,15H,1-3H3. The molecule has 3 heteroatoms. The zero-order valence-electron chi connectivity index (χ0n) is 9.08. The largest absolute Gasteiger partial charge is 0.508 e. The molecule has 0 radical (unpaired) electrons. The van der Waals surface area contributed by atoms with E-state index in [1.165, 1.54) is 13.8 Å². The smallest absolute Gasteiger partial charge is 0.132 e. The number of halogens is 1. The van der Waals surface area contributed by atoms with Gasteiger partial charge in [-0.25, -0.2) is 4.39 Å². The van der Waals surface area contributed by atoms with Crippen molar-refractivity contribution in [3.63, 3.8) is 0 Å². The number of alkyl halides is 1. The maximum Gasteiger partial charge on any atom is 0.132 e. The fraction of sp³-hybridized carbons (Fsp3) is 0.333. The van der Waals surface area contributed by atoms with Crippen LogP contribution in [-0.2, 0) is 12.7 Å². The van der Waals surface area contributed by atoms with Crippen molar-refractivity contribution in [2.75, 3.05) is 0 Å². The normalized spacial score (nSPS) is 12.3. The second-order valence-corrected chi connectivity index (χ2v) is 4.33. The van der Waals surface area contributed by atoms with Gasteiger partial charge in [-0.2, -0.15) is 0 Å². The molecule has 1 aromatic heterocycles. The first kappa shape index (κ1) is 10.0. The topological polar surface area (TPSA) is 25.2 Å². The molecule has 0 aliphatic heterocycles. The first-order valence-electron chi connectivity index (χ1n) is 4.87. The van der Waals surface area contributed by atoms with Gasteiger partial charge in [0, 0.05) is 30.3 Å². The van der Waals surface area contributed by atoms with Crippen molar-refractivity contribution in [2.24, 2.45) is 7.05 Å². The van der Waals surface area contributed by atoms with Crippen molar-refractivity contribution in [3.05, 3.63) is 30.0 Å². The number of hydrogen-bond donors (Lipinski definition) is 1. The second kappa shape index (κ2) is 2.99. The van der Waals surface area contributed by atoms with Gasteiger partial charge in [0.25, 0.3) is 0 Å². The minimum Gasteiger partial charge on any atom is -0.508 e. The number of nitrogens with zero attached hydrogens (tertiary/aromatic N) is 1. The number of phenolic OH excluding ortho intramolecular Hbond substituents is 1. The molecule has 0 unspecified atom stereocenters. The Morgan fingerprint density at radius 1 is 1.33 bits per heavy atom. The van der Waals surface area contributed by atoms with Crippen LogP contribution in [0.1, 0.15) is 19.4 Å². The van der Waals surface area contributed by atoms with Crippen LogP contribution < -0.4 is 0 Å². The molecule has 2 aromatic rings. The molecule has 0 aliphatic carbocycles. The number of fused-ring (bicyclic) bond motifs is 1. The summed E-state index contributed by atoms with van der Waals surface area (Å²) in [4.78, 5) is 0. The Labute approximate surface area is 88.0 Å². The van der Waals surface area contributed by atoms with E-state index in [0.29, 0.717) is 5.56 Å². The van der Waals surface area contributed by atoms with Crippen LogP contribution in [0.25, 0.3) is 10.9 Å². The zero-order chi connectivity index (χ0) is 11.2. The lowest BCUT2D eigenvalue weighted by atomic mass is 10.00. The lowest BCUT2D eigenvalue weighted by Crippen LogP contribution is -2.07. The summed E-state index contributed by atoms with van der Waals surface area (Å²) in [6.07, 6.45) is 1.77. The van der Waals surface area contributed by atoms with Gasteiger partial charge >= 0.3 is 0 Å². The van der Waals surface area contributed by atoms with Gasteiger partial charge in [-0.3, -0.25) is 0 Å². The van der Waals surface area contributed by atoms with Crippen molar-refractivity contribution < 1.29 is 9.50 Å². The van der Waals surface area contributed by atoms with Crippen LogP contribution in [0.5, 0.6) is 5.75 Å². The molecule has 2 nitrogen and oxygen atoms in total. The quantitative estimate of drug-likeness (QED) is 0.763. The summed E-state index contributed by atoms with van der Waals surface area (Å²) in [6.45, 7) is 3.07. The summed E-state index contributed by atoms with van der Waals surface area (Å²) in [7, 11) is 1.84. The van der Waals surface area contributed by atoms with Crippen molar-refractivity contribution >= 4 is 10.9 Å². The van der Waals surface area contributed by atoms with Crippen LogP contribution in [0.4, 0.5) is 4.39 Å². The molecule has 2 rings (SSSR count). The SMILES string of the molecule is Cn1cc(C(C)(C)F)c2ccc(O)cc21. The number of benzene rings is 1. The van der Waals surface area contributed by atoms with E-state index in [2.05, 4.69) is 0 Å². The van der Waals surface area contributed by atoms with E-state index in [1.807, 2.05) is 11.6 Å². The molecular formula is C12H14FNO. The molecule has 0 bridgehead atoms. The minimum absolute atomic E-state index is 0.201. The van der Waals surface area contributed by atoms with Gasteiger partial charge in [0.1, 0.15) is 11.4 Å². The van der Waals surface area contributed by atoms with Gasteiger partial charge in [-0.15, -0.1) is 0 Å². The van der Waals surface area contributed by atoms with Gasteiger partial charge in [-0.1, -0.05) is 0 Å². The summed E-state index contributed by atoms with van der Waals surface area (Å²) >= 11 is 0. The van der Waals surface area contributed by atoms with Gasteiger partial charge in [-0.05, 0) is 26.0 Å². The third kappa shape index (κ3) is 1.58. The highest BCUT2D eigenvalue weighted by Crippen LogP contribution is 2.33. The molecule has 0 saturated carbocycles. The Morgan fingerprint density at radius 3 is 2.60 bits per heavy atom. The van der Waals surface area contributed by atoms with Crippen LogP contribution >= 0.6 is 0 Å². The molecule has 0 atom stereocenters. The van der Waals surface area contributed by atoms with E-state index in [9.17, 15) is 9.50 Å². The molecule has 1 heterocycles. The van der Waals surface area contributed by atoms with Crippen molar-refractivity contribution in [2.45, 2.75) is 19.5 Å². The van der Waals surface area contributed by atoms with Gasteiger partial charge < -0.3 is 9.67 Å². The molecule has 1 aromatic carbocycles. The fourth-order valence-corrected chi connectivity index (χ4v) is 1.85. The van der Waals surface area contributed by atoms with Crippen LogP contribution in [0, 0.1) is 0 Å². The highest BCUT2D eigenvalue weighted by molar-refractivity contribution is 5.85. The zero-order valence-corrected chi connectivity index (χ0v) is 9.08. The van der Waals surface area contributed by atoms with E-state index in [1.54, 1.807) is 24.4 Å². The van der Waals surface area contributed by atoms with Crippen LogP contribution in [0.2, 0.25) is 0 Å². The van der Waals surface area contributed by atoms with Crippen LogP contribution in [0.3, 0.4) is 0 Å². The summed E-state index contributed by atoms with van der Waals surface area (Å²) in [6, 6.07) is 4.98. The molecule has 0 aliphatic rings. The Hall–Kier alpha value is -1.51. The molecule has 1 N–H and O–H groups in total. The van der Waals surface area contributed by atoms with E-state index in [0.717, 1.165) is 10.9 Å². The lowest BCUT2D eigenvalue weighted by molar-refractivity contribution is 0.223. The average Bonchev–Trinajstić information content (AvgIpc) is 2.43. The summed E-state index contributed by atoms with van der Waals surface area (Å²) in [5, 5.41) is 10.2. The summed E-state index contributed by atoms with van der Waals surface area (Å²) in [5.41, 5.74) is 0.131. The minimum atomic E-state index is -1.36. The van der Waals surface area contributed by atoms with Crippen molar-refractivity contribution in [3.8, 4) is 5.75 Å². The maximum absolute atomic E-state index is 13.9. The monoisotopic (exact) mass is 207 g/mol. The van der Waals surface area contributed by atoms with Gasteiger partial charge in [0.15, 0.2) is 0 Å². The number of aryl methyl sites for hydroxylation is 1. The number of phenols is 1. The Balaban J connectivity index is 2.79. The Kier molecular flexibility index (Phi) is 2.00. The molecule has 0 fully saturated rings. The summed E-state index contributed by atoms with van der Waals surface area (Å²) < 4.78 is 15.7. The fourth-order valence-electron chi connectivity index (χ4n) is 1.85. The van der Waals surface area contributed by atoms with Gasteiger partial charge in [0.05, 0.1) is 5.52 Å². The predicted octanol–water partition coefficient (Wildman–Crippen LogP) is 3.09. The average molecular weight is 207 g/mol. The Morgan fingerprint density at radius 2 is 2.00 bits per heavy atom.